The molecule has 11 heavy (non-hydrogen) atoms. The van der Waals surface area contributed by atoms with E-state index in [1.165, 1.54) is 4.79 Å². The van der Waals surface area contributed by atoms with Gasteiger partial charge in [0, 0.05) is 0 Å². The van der Waals surface area contributed by atoms with E-state index in [9.17, 15) is 0 Å². The average molecular weight is 192 g/mol. The molecule has 0 saturated carbocycles. The van der Waals surface area contributed by atoms with Gasteiger partial charge in [-0.3, -0.25) is 0 Å². The summed E-state index contributed by atoms with van der Waals surface area (Å²) in [5.41, 5.74) is 0. The molecule has 0 rings (SSSR count). The van der Waals surface area contributed by atoms with E-state index in [-0.39, 0.29) is 0 Å². The van der Waals surface area contributed by atoms with Crippen molar-refractivity contribution in [2.75, 3.05) is 0 Å². The molecule has 0 radical (unpaired) electrons. The van der Waals surface area contributed by atoms with Crippen molar-refractivity contribution >= 4 is 4.79 Å². The van der Waals surface area contributed by atoms with Crippen LogP contribution in [0.1, 0.15) is 0 Å². The molecule has 0 N–H and O–H groups in total. The Morgan fingerprint density at radius 1 is 0.909 bits per heavy atom. The minimum atomic E-state index is 1.25. The van der Waals surface area contributed by atoms with Gasteiger partial charge in [-0.05, 0) is 0 Å². The summed E-state index contributed by atoms with van der Waals surface area (Å²) in [6.45, 7) is 13.4. The predicted octanol–water partition coefficient (Wildman–Crippen LogP) is 2.32. The molecule has 0 saturated heterocycles. The van der Waals surface area contributed by atoms with E-state index in [4.69, 9.17) is 4.79 Å². The van der Waals surface area contributed by atoms with Crippen LogP contribution in [0.15, 0.2) is 50.6 Å². The summed E-state index contributed by atoms with van der Waals surface area (Å²) >= 11 is 2.68. The first kappa shape index (κ1) is 16.6. The molecule has 0 aliphatic rings. The molecule has 0 bridgehead atoms. The van der Waals surface area contributed by atoms with Gasteiger partial charge in [-0.2, -0.15) is 0 Å². The van der Waals surface area contributed by atoms with Crippen molar-refractivity contribution in [1.82, 2.24) is 0 Å². The van der Waals surface area contributed by atoms with Crippen LogP contribution in [0.2, 0.25) is 0 Å². The van der Waals surface area contributed by atoms with Crippen molar-refractivity contribution < 1.29 is 20.4 Å². The number of carbonyl (C=O) groups excluding carboxylic acids is 1. The van der Waals surface area contributed by atoms with Crippen LogP contribution in [0.3, 0.4) is 0 Å². The van der Waals surface area contributed by atoms with E-state index in [2.05, 4.69) is 41.9 Å². The standard InChI is InChI=1S/2C4H6.CO.Fe/c2*1-3-4-2;1-2;/h2*3-4H,1-2H2;;. The van der Waals surface area contributed by atoms with Crippen molar-refractivity contribution in [3.8, 4) is 0 Å². The van der Waals surface area contributed by atoms with Gasteiger partial charge in [-0.25, -0.2) is 0 Å². The Hall–Kier alpha value is -0.941. The number of hydrogen-bond donors (Lipinski definition) is 0. The molecule has 62 valence electrons. The SMILES string of the molecule is C=CC=C.C=CC=C.O=[C]=[Fe]. The maximum atomic E-state index is 8.57. The number of hydrogen-bond acceptors (Lipinski definition) is 1. The summed E-state index contributed by atoms with van der Waals surface area (Å²) in [6.07, 6.45) is 6.56. The summed E-state index contributed by atoms with van der Waals surface area (Å²) in [7, 11) is 0. The molecule has 0 unspecified atom stereocenters. The monoisotopic (exact) mass is 192 g/mol. The molecule has 0 aliphatic carbocycles. The Morgan fingerprint density at radius 2 is 1.00 bits per heavy atom. The molecule has 1 nitrogen and oxygen atoms in total. The molecule has 2 heteroatoms. The number of allylic oxidation sites excluding steroid dienone is 4. The second-order valence-corrected chi connectivity index (χ2v) is 1.24. The second-order valence-electron chi connectivity index (χ2n) is 1.01. The third-order valence-corrected chi connectivity index (χ3v) is 0.333. The molecule has 0 aromatic heterocycles. The third kappa shape index (κ3) is 402. The summed E-state index contributed by atoms with van der Waals surface area (Å²) in [4.78, 5) is 9.82. The van der Waals surface area contributed by atoms with E-state index in [0.29, 0.717) is 0 Å². The van der Waals surface area contributed by atoms with E-state index >= 15 is 0 Å². The Morgan fingerprint density at radius 3 is 1.00 bits per heavy atom. The van der Waals surface area contributed by atoms with Gasteiger partial charge in [0.15, 0.2) is 0 Å². The Labute approximate surface area is 76.2 Å². The molecule has 0 aliphatic heterocycles. The van der Waals surface area contributed by atoms with E-state index in [1.54, 1.807) is 24.3 Å². The molecule has 0 aromatic carbocycles. The van der Waals surface area contributed by atoms with Crippen molar-refractivity contribution in [2.24, 2.45) is 0 Å². The van der Waals surface area contributed by atoms with Crippen LogP contribution in [0.4, 0.5) is 0 Å². The Balaban J connectivity index is -0.0000000886. The molecular weight excluding hydrogens is 180 g/mol. The van der Waals surface area contributed by atoms with Crippen molar-refractivity contribution in [3.05, 3.63) is 50.6 Å². The zero-order valence-electron chi connectivity index (χ0n) is 6.40. The van der Waals surface area contributed by atoms with Gasteiger partial charge in [0.2, 0.25) is 0 Å². The van der Waals surface area contributed by atoms with Crippen LogP contribution in [-0.4, -0.2) is 4.79 Å². The van der Waals surface area contributed by atoms with Gasteiger partial charge in [0.05, 0.1) is 0 Å². The first-order valence-electron chi connectivity index (χ1n) is 2.68. The van der Waals surface area contributed by atoms with E-state index < -0.39 is 0 Å². The second kappa shape index (κ2) is 35.7. The van der Waals surface area contributed by atoms with Crippen LogP contribution < -0.4 is 0 Å². The van der Waals surface area contributed by atoms with Crippen molar-refractivity contribution in [2.45, 2.75) is 0 Å². The van der Waals surface area contributed by atoms with Gasteiger partial charge in [-0.1, -0.05) is 50.6 Å². The summed E-state index contributed by atoms with van der Waals surface area (Å²) in [6, 6.07) is 0. The normalized spacial score (nSPS) is 4.45. The van der Waals surface area contributed by atoms with Crippen LogP contribution in [0, 0.1) is 0 Å². The first-order chi connectivity index (χ1) is 5.24. The zero-order valence-corrected chi connectivity index (χ0v) is 7.50. The van der Waals surface area contributed by atoms with Gasteiger partial charge in [-0.15, -0.1) is 0 Å². The number of rotatable bonds is 2. The van der Waals surface area contributed by atoms with Gasteiger partial charge in [0.25, 0.3) is 0 Å². The minimum absolute atomic E-state index is 1.25. The predicted molar refractivity (Wildman–Crippen MR) is 46.5 cm³/mol. The zero-order chi connectivity index (χ0) is 9.54. The van der Waals surface area contributed by atoms with Crippen LogP contribution in [0.5, 0.6) is 0 Å². The van der Waals surface area contributed by atoms with E-state index in [0.717, 1.165) is 0 Å². The van der Waals surface area contributed by atoms with Gasteiger partial charge in [0.1, 0.15) is 0 Å². The van der Waals surface area contributed by atoms with Gasteiger partial charge >= 0.3 is 25.2 Å². The summed E-state index contributed by atoms with van der Waals surface area (Å²) < 4.78 is 0. The van der Waals surface area contributed by atoms with E-state index in [1.807, 2.05) is 0 Å². The fourth-order valence-corrected chi connectivity index (χ4v) is 0. The molecule has 0 atom stereocenters. The Bertz CT molecular complexity index is 118. The van der Waals surface area contributed by atoms with Crippen molar-refractivity contribution in [1.29, 1.82) is 0 Å². The summed E-state index contributed by atoms with van der Waals surface area (Å²) in [5.74, 6) is 0. The van der Waals surface area contributed by atoms with Crippen LogP contribution in [0.25, 0.3) is 0 Å². The van der Waals surface area contributed by atoms with Gasteiger partial charge < -0.3 is 0 Å². The quantitative estimate of drug-likeness (QED) is 0.484. The molecule has 0 heterocycles. The molecule has 0 spiro atoms. The first-order valence-corrected chi connectivity index (χ1v) is 3.23. The average Bonchev–Trinajstić information content (AvgIpc) is 2.06. The topological polar surface area (TPSA) is 17.1 Å². The Kier molecular flexibility index (Phi) is 53.8. The molecule has 0 aromatic rings. The fourth-order valence-electron chi connectivity index (χ4n) is 0. The van der Waals surface area contributed by atoms with Crippen LogP contribution >= 0.6 is 0 Å². The molecule has 0 fully saturated rings. The fraction of sp³-hybridized carbons (Fsp3) is 0. The van der Waals surface area contributed by atoms with Crippen molar-refractivity contribution in [3.63, 3.8) is 0 Å². The maximum absolute atomic E-state index is 8.57. The third-order valence-electron chi connectivity index (χ3n) is 0.333. The molecular formula is C9H12FeO. The van der Waals surface area contributed by atoms with Crippen LogP contribution in [-0.2, 0) is 20.4 Å². The summed E-state index contributed by atoms with van der Waals surface area (Å²) in [5, 5.41) is 0. The molecule has 0 amide bonds.